The van der Waals surface area contributed by atoms with Crippen LogP contribution in [0.5, 0.6) is 0 Å². The van der Waals surface area contributed by atoms with Crippen molar-refractivity contribution in [3.63, 3.8) is 0 Å². The van der Waals surface area contributed by atoms with E-state index < -0.39 is 0 Å². The minimum atomic E-state index is -0.0486. The number of hydrogen-bond acceptors (Lipinski definition) is 5. The molecule has 0 aliphatic heterocycles. The number of hydrogen-bond donors (Lipinski definition) is 1. The van der Waals surface area contributed by atoms with Crippen LogP contribution in [0, 0.1) is 0 Å². The maximum absolute atomic E-state index is 13.0. The van der Waals surface area contributed by atoms with Crippen LogP contribution < -0.4 is 10.9 Å². The molecular weight excluding hydrogens is 342 g/mol. The van der Waals surface area contributed by atoms with Crippen LogP contribution in [-0.2, 0) is 24.2 Å². The van der Waals surface area contributed by atoms with Gasteiger partial charge in [-0.2, -0.15) is 0 Å². The third kappa shape index (κ3) is 3.28. The lowest BCUT2D eigenvalue weighted by atomic mass is 9.97. The monoisotopic (exact) mass is 363 g/mol. The van der Waals surface area contributed by atoms with Gasteiger partial charge in [0.2, 0.25) is 5.91 Å². The topological polar surface area (TPSA) is 64.0 Å². The molecule has 2 aromatic heterocycles. The lowest BCUT2D eigenvalue weighted by Crippen LogP contribution is -2.26. The Balaban J connectivity index is 2.04. The molecule has 0 radical (unpaired) electrons. The number of nitrogens with one attached hydrogen (secondary N) is 1. The van der Waals surface area contributed by atoms with E-state index in [-0.39, 0.29) is 17.2 Å². The minimum Gasteiger partial charge on any atom is -0.356 e. The third-order valence-electron chi connectivity index (χ3n) is 4.06. The van der Waals surface area contributed by atoms with Crippen LogP contribution in [0.3, 0.4) is 0 Å². The van der Waals surface area contributed by atoms with Crippen molar-refractivity contribution in [3.05, 3.63) is 33.4 Å². The van der Waals surface area contributed by atoms with Crippen molar-refractivity contribution < 1.29 is 4.79 Å². The Morgan fingerprint density at radius 3 is 3.00 bits per heavy atom. The zero-order valence-electron chi connectivity index (χ0n) is 13.8. The highest BCUT2D eigenvalue weighted by Crippen LogP contribution is 2.34. The van der Waals surface area contributed by atoms with E-state index in [1.807, 2.05) is 6.92 Å². The number of amides is 1. The predicted octanol–water partition coefficient (Wildman–Crippen LogP) is 2.75. The Bertz CT molecular complexity index is 838. The fourth-order valence-corrected chi connectivity index (χ4v) is 5.14. The van der Waals surface area contributed by atoms with Gasteiger partial charge in [-0.3, -0.25) is 14.2 Å². The Morgan fingerprint density at radius 1 is 1.46 bits per heavy atom. The van der Waals surface area contributed by atoms with Gasteiger partial charge in [-0.05, 0) is 38.2 Å². The number of carbonyl (C=O) groups is 1. The first-order valence-electron chi connectivity index (χ1n) is 8.21. The number of aromatic nitrogens is 2. The summed E-state index contributed by atoms with van der Waals surface area (Å²) in [4.78, 5) is 31.6. The summed E-state index contributed by atoms with van der Waals surface area (Å²) in [7, 11) is 0. The molecule has 0 saturated heterocycles. The largest absolute Gasteiger partial charge is 0.356 e. The number of thiophene rings is 1. The van der Waals surface area contributed by atoms with Crippen molar-refractivity contribution in [1.82, 2.24) is 14.9 Å². The molecule has 128 valence electrons. The number of fused-ring (bicyclic) bond motifs is 3. The molecule has 0 spiro atoms. The molecule has 1 N–H and O–H groups in total. The molecule has 2 aromatic rings. The molecule has 1 aliphatic rings. The van der Waals surface area contributed by atoms with Crippen molar-refractivity contribution in [2.75, 3.05) is 12.3 Å². The lowest BCUT2D eigenvalue weighted by Gasteiger charge is -2.12. The van der Waals surface area contributed by atoms with Gasteiger partial charge >= 0.3 is 0 Å². The first kappa shape index (κ1) is 17.2. The number of thioether (sulfide) groups is 1. The summed E-state index contributed by atoms with van der Waals surface area (Å²) < 4.78 is 1.64. The van der Waals surface area contributed by atoms with Crippen molar-refractivity contribution >= 4 is 39.2 Å². The van der Waals surface area contributed by atoms with Crippen LogP contribution >= 0.6 is 23.1 Å². The van der Waals surface area contributed by atoms with Gasteiger partial charge in [0.25, 0.3) is 5.56 Å². The van der Waals surface area contributed by atoms with Crippen LogP contribution in [0.25, 0.3) is 10.2 Å². The van der Waals surface area contributed by atoms with Crippen LogP contribution in [0.15, 0.2) is 22.6 Å². The van der Waals surface area contributed by atoms with Crippen LogP contribution in [0.4, 0.5) is 0 Å². The molecule has 0 unspecified atom stereocenters. The van der Waals surface area contributed by atoms with E-state index in [2.05, 4.69) is 11.9 Å². The molecule has 7 heteroatoms. The van der Waals surface area contributed by atoms with E-state index in [9.17, 15) is 9.59 Å². The second-order valence-electron chi connectivity index (χ2n) is 5.73. The number of nitrogens with zero attached hydrogens (tertiary/aromatic N) is 2. The van der Waals surface area contributed by atoms with Crippen LogP contribution in [0.1, 0.15) is 30.2 Å². The zero-order valence-corrected chi connectivity index (χ0v) is 15.4. The van der Waals surface area contributed by atoms with Gasteiger partial charge in [-0.1, -0.05) is 17.8 Å². The van der Waals surface area contributed by atoms with Crippen LogP contribution in [0.2, 0.25) is 0 Å². The summed E-state index contributed by atoms with van der Waals surface area (Å²) in [5.41, 5.74) is 1.19. The molecule has 0 saturated carbocycles. The Morgan fingerprint density at radius 2 is 2.25 bits per heavy atom. The Kier molecular flexibility index (Phi) is 5.40. The van der Waals surface area contributed by atoms with Gasteiger partial charge in [0.1, 0.15) is 4.83 Å². The highest BCUT2D eigenvalue weighted by molar-refractivity contribution is 7.99. The number of carbonyl (C=O) groups excluding carboxylic acids is 1. The van der Waals surface area contributed by atoms with E-state index >= 15 is 0 Å². The molecule has 5 nitrogen and oxygen atoms in total. The fraction of sp³-hybridized carbons (Fsp3) is 0.471. The summed E-state index contributed by atoms with van der Waals surface area (Å²) in [6, 6.07) is 0. The number of allylic oxidation sites excluding steroid dienone is 1. The quantitative estimate of drug-likeness (QED) is 0.487. The normalized spacial score (nSPS) is 13.7. The van der Waals surface area contributed by atoms with Crippen molar-refractivity contribution in [2.24, 2.45) is 0 Å². The van der Waals surface area contributed by atoms with Crippen LogP contribution in [-0.4, -0.2) is 27.8 Å². The number of aryl methyl sites for hydroxylation is 2. The number of rotatable bonds is 6. The fourth-order valence-electron chi connectivity index (χ4n) is 3.00. The molecule has 2 heterocycles. The highest BCUT2D eigenvalue weighted by atomic mass is 32.2. The van der Waals surface area contributed by atoms with Gasteiger partial charge in [0.05, 0.1) is 11.1 Å². The van der Waals surface area contributed by atoms with Crippen molar-refractivity contribution in [2.45, 2.75) is 44.3 Å². The molecular formula is C17H21N3O2S2. The summed E-state index contributed by atoms with van der Waals surface area (Å²) in [6.45, 7) is 6.64. The summed E-state index contributed by atoms with van der Waals surface area (Å²) in [5, 5.41) is 4.14. The SMILES string of the molecule is C=CCn1c(SCC(=O)NCC)nc2sc3c(c2c1=O)CCCC3. The van der Waals surface area contributed by atoms with Gasteiger partial charge in [0, 0.05) is 18.0 Å². The second kappa shape index (κ2) is 7.53. The molecule has 1 amide bonds. The van der Waals surface area contributed by atoms with E-state index in [4.69, 9.17) is 4.98 Å². The van der Waals surface area contributed by atoms with Gasteiger partial charge < -0.3 is 5.32 Å². The molecule has 0 fully saturated rings. The molecule has 3 rings (SSSR count). The molecule has 0 atom stereocenters. The maximum Gasteiger partial charge on any atom is 0.263 e. The summed E-state index contributed by atoms with van der Waals surface area (Å²) in [5.74, 6) is 0.209. The smallest absolute Gasteiger partial charge is 0.263 e. The standard InChI is InChI=1S/C17H21N3O2S2/c1-3-9-20-16(22)14-11-7-5-6-8-12(11)24-15(14)19-17(20)23-10-13(21)18-4-2/h3H,1,4-10H2,2H3,(H,18,21). The van der Waals surface area contributed by atoms with Crippen molar-refractivity contribution in [3.8, 4) is 0 Å². The molecule has 0 bridgehead atoms. The van der Waals surface area contributed by atoms with E-state index in [0.717, 1.165) is 29.5 Å². The van der Waals surface area contributed by atoms with E-state index in [0.29, 0.717) is 18.2 Å². The predicted molar refractivity (Wildman–Crippen MR) is 100 cm³/mol. The maximum atomic E-state index is 13.0. The summed E-state index contributed by atoms with van der Waals surface area (Å²) >= 11 is 2.94. The Labute approximate surface area is 149 Å². The third-order valence-corrected chi connectivity index (χ3v) is 6.22. The van der Waals surface area contributed by atoms with Gasteiger partial charge in [0.15, 0.2) is 5.16 Å². The van der Waals surface area contributed by atoms with E-state index in [1.165, 1.54) is 28.6 Å². The van der Waals surface area contributed by atoms with Crippen molar-refractivity contribution in [1.29, 1.82) is 0 Å². The molecule has 0 aromatic carbocycles. The first-order valence-corrected chi connectivity index (χ1v) is 10.0. The second-order valence-corrected chi connectivity index (χ2v) is 7.76. The average Bonchev–Trinajstić information content (AvgIpc) is 2.94. The summed E-state index contributed by atoms with van der Waals surface area (Å²) in [6.07, 6.45) is 6.02. The molecule has 24 heavy (non-hydrogen) atoms. The zero-order chi connectivity index (χ0) is 17.1. The first-order chi connectivity index (χ1) is 11.7. The molecule has 1 aliphatic carbocycles. The van der Waals surface area contributed by atoms with E-state index in [1.54, 1.807) is 22.0 Å². The van der Waals surface area contributed by atoms with Gasteiger partial charge in [-0.15, -0.1) is 17.9 Å². The minimum absolute atomic E-state index is 0.00213. The van der Waals surface area contributed by atoms with Gasteiger partial charge in [-0.25, -0.2) is 4.98 Å². The lowest BCUT2D eigenvalue weighted by molar-refractivity contribution is -0.118. The Hall–Kier alpha value is -1.60. The highest BCUT2D eigenvalue weighted by Gasteiger charge is 2.22. The average molecular weight is 364 g/mol.